The SMILES string of the molecule is C[C@@H](NC(=O)C1(CN)CCCCCC1)c1ccccc1F. The molecule has 0 aliphatic heterocycles. The molecule has 21 heavy (non-hydrogen) atoms. The minimum absolute atomic E-state index is 0.0253. The van der Waals surface area contributed by atoms with Gasteiger partial charge in [0.1, 0.15) is 5.82 Å². The molecule has 116 valence electrons. The van der Waals surface area contributed by atoms with Crippen LogP contribution < -0.4 is 11.1 Å². The average molecular weight is 292 g/mol. The van der Waals surface area contributed by atoms with Crippen molar-refractivity contribution in [1.29, 1.82) is 0 Å². The molecule has 0 spiro atoms. The third kappa shape index (κ3) is 3.62. The predicted molar refractivity (Wildman–Crippen MR) is 82.1 cm³/mol. The van der Waals surface area contributed by atoms with Gasteiger partial charge in [0.15, 0.2) is 0 Å². The van der Waals surface area contributed by atoms with Crippen LogP contribution in [0.5, 0.6) is 0 Å². The van der Waals surface area contributed by atoms with Crippen LogP contribution in [0.15, 0.2) is 24.3 Å². The number of carbonyl (C=O) groups is 1. The molecule has 1 aromatic rings. The Morgan fingerprint density at radius 2 is 1.90 bits per heavy atom. The van der Waals surface area contributed by atoms with Gasteiger partial charge in [0, 0.05) is 12.1 Å². The Balaban J connectivity index is 2.10. The van der Waals surface area contributed by atoms with Crippen molar-refractivity contribution in [3.8, 4) is 0 Å². The molecule has 0 radical (unpaired) electrons. The van der Waals surface area contributed by atoms with Crippen LogP contribution in [0.4, 0.5) is 4.39 Å². The summed E-state index contributed by atoms with van der Waals surface area (Å²) >= 11 is 0. The average Bonchev–Trinajstić information content (AvgIpc) is 2.74. The Bertz CT molecular complexity index is 481. The van der Waals surface area contributed by atoms with E-state index in [1.54, 1.807) is 18.2 Å². The maximum Gasteiger partial charge on any atom is 0.227 e. The van der Waals surface area contributed by atoms with E-state index in [2.05, 4.69) is 5.32 Å². The summed E-state index contributed by atoms with van der Waals surface area (Å²) in [4.78, 5) is 12.7. The number of nitrogens with one attached hydrogen (secondary N) is 1. The van der Waals surface area contributed by atoms with E-state index in [4.69, 9.17) is 5.73 Å². The standard InChI is InChI=1S/C17H25FN2O/c1-13(14-8-4-5-9-15(14)18)20-16(21)17(12-19)10-6-2-3-7-11-17/h4-5,8-9,13H,2-3,6-7,10-12,19H2,1H3,(H,20,21)/t13-/m1/s1. The van der Waals surface area contributed by atoms with Crippen LogP contribution in [-0.2, 0) is 4.79 Å². The van der Waals surface area contributed by atoms with E-state index < -0.39 is 5.41 Å². The molecule has 1 fully saturated rings. The first-order valence-electron chi connectivity index (χ1n) is 7.84. The van der Waals surface area contributed by atoms with Crippen molar-refractivity contribution in [2.45, 2.75) is 51.5 Å². The summed E-state index contributed by atoms with van der Waals surface area (Å²) in [5.74, 6) is -0.310. The molecule has 1 amide bonds. The van der Waals surface area contributed by atoms with Gasteiger partial charge in [-0.2, -0.15) is 0 Å². The van der Waals surface area contributed by atoms with E-state index in [1.807, 2.05) is 6.92 Å². The van der Waals surface area contributed by atoms with Gasteiger partial charge in [0.2, 0.25) is 5.91 Å². The van der Waals surface area contributed by atoms with Gasteiger partial charge in [-0.05, 0) is 25.8 Å². The number of halogens is 1. The van der Waals surface area contributed by atoms with E-state index in [-0.39, 0.29) is 17.8 Å². The Hall–Kier alpha value is -1.42. The lowest BCUT2D eigenvalue weighted by Gasteiger charge is -2.31. The van der Waals surface area contributed by atoms with Crippen molar-refractivity contribution < 1.29 is 9.18 Å². The minimum Gasteiger partial charge on any atom is -0.349 e. The fourth-order valence-corrected chi connectivity index (χ4v) is 3.18. The lowest BCUT2D eigenvalue weighted by molar-refractivity contribution is -0.132. The van der Waals surface area contributed by atoms with Crippen LogP contribution in [0, 0.1) is 11.2 Å². The van der Waals surface area contributed by atoms with Gasteiger partial charge < -0.3 is 11.1 Å². The highest BCUT2D eigenvalue weighted by molar-refractivity contribution is 5.83. The summed E-state index contributed by atoms with van der Waals surface area (Å²) in [6.07, 6.45) is 6.08. The zero-order valence-corrected chi connectivity index (χ0v) is 12.7. The van der Waals surface area contributed by atoms with Crippen molar-refractivity contribution in [3.05, 3.63) is 35.6 Å². The zero-order chi connectivity index (χ0) is 15.3. The Labute approximate surface area is 126 Å². The van der Waals surface area contributed by atoms with Crippen molar-refractivity contribution in [2.75, 3.05) is 6.54 Å². The second-order valence-electron chi connectivity index (χ2n) is 6.12. The lowest BCUT2D eigenvalue weighted by Crippen LogP contribution is -2.46. The second-order valence-corrected chi connectivity index (χ2v) is 6.12. The van der Waals surface area contributed by atoms with E-state index in [0.29, 0.717) is 12.1 Å². The first kappa shape index (κ1) is 16.0. The van der Waals surface area contributed by atoms with Crippen LogP contribution >= 0.6 is 0 Å². The summed E-state index contributed by atoms with van der Waals surface area (Å²) < 4.78 is 13.8. The van der Waals surface area contributed by atoms with Crippen LogP contribution in [-0.4, -0.2) is 12.5 Å². The highest BCUT2D eigenvalue weighted by Crippen LogP contribution is 2.35. The Morgan fingerprint density at radius 3 is 2.48 bits per heavy atom. The van der Waals surface area contributed by atoms with Crippen molar-refractivity contribution >= 4 is 5.91 Å². The Kier molecular flexibility index (Phi) is 5.34. The molecule has 1 saturated carbocycles. The van der Waals surface area contributed by atoms with E-state index in [0.717, 1.165) is 38.5 Å². The molecule has 4 heteroatoms. The van der Waals surface area contributed by atoms with E-state index in [9.17, 15) is 9.18 Å². The van der Waals surface area contributed by atoms with Gasteiger partial charge >= 0.3 is 0 Å². The molecule has 0 aromatic heterocycles. The summed E-state index contributed by atoms with van der Waals surface area (Å²) in [5, 5.41) is 2.97. The molecule has 2 rings (SSSR count). The highest BCUT2D eigenvalue weighted by atomic mass is 19.1. The molecule has 1 aliphatic carbocycles. The van der Waals surface area contributed by atoms with Crippen molar-refractivity contribution in [1.82, 2.24) is 5.32 Å². The molecule has 3 N–H and O–H groups in total. The molecule has 1 aromatic carbocycles. The van der Waals surface area contributed by atoms with Crippen LogP contribution in [0.25, 0.3) is 0 Å². The molecule has 0 saturated heterocycles. The number of hydrogen-bond donors (Lipinski definition) is 2. The summed E-state index contributed by atoms with van der Waals surface area (Å²) in [6, 6.07) is 6.22. The normalized spacial score (nSPS) is 19.6. The van der Waals surface area contributed by atoms with Crippen LogP contribution in [0.1, 0.15) is 57.1 Å². The van der Waals surface area contributed by atoms with Crippen LogP contribution in [0.3, 0.4) is 0 Å². The van der Waals surface area contributed by atoms with Gasteiger partial charge in [-0.25, -0.2) is 4.39 Å². The highest BCUT2D eigenvalue weighted by Gasteiger charge is 2.37. The van der Waals surface area contributed by atoms with Gasteiger partial charge in [-0.15, -0.1) is 0 Å². The molecule has 1 aliphatic rings. The van der Waals surface area contributed by atoms with Crippen LogP contribution in [0.2, 0.25) is 0 Å². The number of hydrogen-bond acceptors (Lipinski definition) is 2. The monoisotopic (exact) mass is 292 g/mol. The summed E-state index contributed by atoms with van der Waals surface area (Å²) in [6.45, 7) is 2.18. The Morgan fingerprint density at radius 1 is 1.29 bits per heavy atom. The number of rotatable bonds is 4. The molecule has 1 atom stereocenters. The number of amides is 1. The third-order valence-electron chi connectivity index (χ3n) is 4.65. The molecular weight excluding hydrogens is 267 g/mol. The fourth-order valence-electron chi connectivity index (χ4n) is 3.18. The third-order valence-corrected chi connectivity index (χ3v) is 4.65. The smallest absolute Gasteiger partial charge is 0.227 e. The van der Waals surface area contributed by atoms with E-state index in [1.165, 1.54) is 6.07 Å². The lowest BCUT2D eigenvalue weighted by atomic mass is 9.79. The largest absolute Gasteiger partial charge is 0.349 e. The van der Waals surface area contributed by atoms with Crippen molar-refractivity contribution in [3.63, 3.8) is 0 Å². The minimum atomic E-state index is -0.476. The van der Waals surface area contributed by atoms with Gasteiger partial charge in [-0.1, -0.05) is 43.9 Å². The number of carbonyl (C=O) groups excluding carboxylic acids is 1. The maximum atomic E-state index is 13.8. The van der Waals surface area contributed by atoms with E-state index >= 15 is 0 Å². The van der Waals surface area contributed by atoms with Gasteiger partial charge in [0.05, 0.1) is 11.5 Å². The second kappa shape index (κ2) is 7.03. The molecule has 0 heterocycles. The first-order valence-corrected chi connectivity index (χ1v) is 7.84. The van der Waals surface area contributed by atoms with Crippen molar-refractivity contribution in [2.24, 2.45) is 11.1 Å². The number of benzene rings is 1. The van der Waals surface area contributed by atoms with Gasteiger partial charge in [-0.3, -0.25) is 4.79 Å². The first-order chi connectivity index (χ1) is 10.1. The fraction of sp³-hybridized carbons (Fsp3) is 0.588. The molecule has 3 nitrogen and oxygen atoms in total. The predicted octanol–water partition coefficient (Wildman–Crippen LogP) is 3.30. The van der Waals surface area contributed by atoms with Gasteiger partial charge in [0.25, 0.3) is 0 Å². The maximum absolute atomic E-state index is 13.8. The molecule has 0 bridgehead atoms. The zero-order valence-electron chi connectivity index (χ0n) is 12.7. The summed E-state index contributed by atoms with van der Waals surface area (Å²) in [5.41, 5.74) is 5.96. The topological polar surface area (TPSA) is 55.1 Å². The molecular formula is C17H25FN2O. The number of nitrogens with two attached hydrogens (primary N) is 1. The molecule has 0 unspecified atom stereocenters. The summed E-state index contributed by atoms with van der Waals surface area (Å²) in [7, 11) is 0. The quantitative estimate of drug-likeness (QED) is 0.837.